The molecule has 3 heteroatoms. The SMILES string of the molecule is COc1c(C)ccc(Br)c1C1(C(C)N)CC1. The van der Waals surface area contributed by atoms with Gasteiger partial charge in [0, 0.05) is 21.5 Å². The number of ether oxygens (including phenoxy) is 1. The molecule has 1 aromatic carbocycles. The van der Waals surface area contributed by atoms with Crippen molar-refractivity contribution in [2.75, 3.05) is 7.11 Å². The lowest BCUT2D eigenvalue weighted by Crippen LogP contribution is -2.32. The van der Waals surface area contributed by atoms with Crippen LogP contribution >= 0.6 is 15.9 Å². The van der Waals surface area contributed by atoms with Gasteiger partial charge in [0.1, 0.15) is 5.75 Å². The quantitative estimate of drug-likeness (QED) is 0.925. The molecule has 1 fully saturated rings. The highest BCUT2D eigenvalue weighted by Crippen LogP contribution is 2.56. The molecular formula is C13H18BrNO. The van der Waals surface area contributed by atoms with E-state index < -0.39 is 0 Å². The Morgan fingerprint density at radius 3 is 2.50 bits per heavy atom. The zero-order chi connectivity index (χ0) is 11.9. The fraction of sp³-hybridized carbons (Fsp3) is 0.538. The molecule has 1 atom stereocenters. The summed E-state index contributed by atoms with van der Waals surface area (Å²) in [7, 11) is 1.73. The van der Waals surface area contributed by atoms with E-state index in [9.17, 15) is 0 Å². The normalized spacial score (nSPS) is 19.3. The standard InChI is InChI=1S/C13H18BrNO/c1-8-4-5-10(14)11(12(8)16-3)13(6-7-13)9(2)15/h4-5,9H,6-7,15H2,1-3H3. The largest absolute Gasteiger partial charge is 0.496 e. The number of aryl methyl sites for hydroxylation is 1. The molecule has 0 aromatic heterocycles. The van der Waals surface area contributed by atoms with Crippen LogP contribution < -0.4 is 10.5 Å². The van der Waals surface area contributed by atoms with Crippen LogP contribution in [-0.4, -0.2) is 13.2 Å². The maximum Gasteiger partial charge on any atom is 0.126 e. The molecule has 0 aliphatic heterocycles. The first-order valence-electron chi connectivity index (χ1n) is 5.62. The Hall–Kier alpha value is -0.540. The molecule has 1 aromatic rings. The van der Waals surface area contributed by atoms with E-state index in [1.807, 2.05) is 0 Å². The molecule has 2 rings (SSSR count). The minimum atomic E-state index is 0.121. The van der Waals surface area contributed by atoms with Crippen molar-refractivity contribution in [2.45, 2.75) is 38.1 Å². The Morgan fingerprint density at radius 2 is 2.06 bits per heavy atom. The average Bonchev–Trinajstić information content (AvgIpc) is 3.02. The zero-order valence-electron chi connectivity index (χ0n) is 10.0. The van der Waals surface area contributed by atoms with Gasteiger partial charge < -0.3 is 10.5 Å². The molecule has 1 unspecified atom stereocenters. The van der Waals surface area contributed by atoms with Gasteiger partial charge in [0.05, 0.1) is 7.11 Å². The Morgan fingerprint density at radius 1 is 1.44 bits per heavy atom. The van der Waals surface area contributed by atoms with Crippen LogP contribution in [0.2, 0.25) is 0 Å². The van der Waals surface area contributed by atoms with E-state index in [-0.39, 0.29) is 11.5 Å². The van der Waals surface area contributed by atoms with E-state index >= 15 is 0 Å². The Labute approximate surface area is 105 Å². The van der Waals surface area contributed by atoms with Crippen molar-refractivity contribution < 1.29 is 4.74 Å². The van der Waals surface area contributed by atoms with Crippen molar-refractivity contribution in [1.29, 1.82) is 0 Å². The highest BCUT2D eigenvalue weighted by molar-refractivity contribution is 9.10. The van der Waals surface area contributed by atoms with E-state index in [0.717, 1.165) is 23.1 Å². The molecule has 0 saturated heterocycles. The summed E-state index contributed by atoms with van der Waals surface area (Å²) < 4.78 is 6.66. The van der Waals surface area contributed by atoms with Crippen molar-refractivity contribution in [3.63, 3.8) is 0 Å². The van der Waals surface area contributed by atoms with Gasteiger partial charge in [-0.1, -0.05) is 22.0 Å². The predicted molar refractivity (Wildman–Crippen MR) is 70.0 cm³/mol. The number of nitrogens with two attached hydrogens (primary N) is 1. The summed E-state index contributed by atoms with van der Waals surface area (Å²) in [6.07, 6.45) is 2.31. The van der Waals surface area contributed by atoms with Crippen LogP contribution in [0.15, 0.2) is 16.6 Å². The number of halogens is 1. The average molecular weight is 284 g/mol. The molecule has 0 heterocycles. The van der Waals surface area contributed by atoms with Crippen molar-refractivity contribution >= 4 is 15.9 Å². The van der Waals surface area contributed by atoms with Crippen LogP contribution in [0.3, 0.4) is 0 Å². The first kappa shape index (κ1) is 11.9. The number of methoxy groups -OCH3 is 1. The van der Waals surface area contributed by atoms with E-state index in [1.165, 1.54) is 11.1 Å². The third-order valence-corrected chi connectivity index (χ3v) is 4.33. The van der Waals surface area contributed by atoms with Crippen molar-refractivity contribution in [3.05, 3.63) is 27.7 Å². The second-order valence-corrected chi connectivity index (χ2v) is 5.57. The molecule has 0 bridgehead atoms. The second kappa shape index (κ2) is 4.04. The third kappa shape index (κ3) is 1.66. The maximum absolute atomic E-state index is 6.13. The van der Waals surface area contributed by atoms with Gasteiger partial charge in [0.15, 0.2) is 0 Å². The monoisotopic (exact) mass is 283 g/mol. The number of rotatable bonds is 3. The summed E-state index contributed by atoms with van der Waals surface area (Å²) in [5.41, 5.74) is 8.68. The van der Waals surface area contributed by atoms with Crippen molar-refractivity contribution in [1.82, 2.24) is 0 Å². The van der Waals surface area contributed by atoms with Crippen LogP contribution in [0.4, 0.5) is 0 Å². The third-order valence-electron chi connectivity index (χ3n) is 3.67. The van der Waals surface area contributed by atoms with Gasteiger partial charge in [-0.05, 0) is 38.3 Å². The van der Waals surface area contributed by atoms with Gasteiger partial charge >= 0.3 is 0 Å². The van der Waals surface area contributed by atoms with E-state index in [0.29, 0.717) is 0 Å². The molecule has 88 valence electrons. The number of hydrogen-bond acceptors (Lipinski definition) is 2. The molecule has 2 N–H and O–H groups in total. The van der Waals surface area contributed by atoms with Crippen LogP contribution in [-0.2, 0) is 5.41 Å². The molecule has 0 amide bonds. The Kier molecular flexibility index (Phi) is 3.01. The zero-order valence-corrected chi connectivity index (χ0v) is 11.6. The minimum Gasteiger partial charge on any atom is -0.496 e. The van der Waals surface area contributed by atoms with Gasteiger partial charge in [-0.25, -0.2) is 0 Å². The summed E-state index contributed by atoms with van der Waals surface area (Å²) in [4.78, 5) is 0. The summed E-state index contributed by atoms with van der Waals surface area (Å²) in [6.45, 7) is 4.16. The van der Waals surface area contributed by atoms with Gasteiger partial charge in [0.25, 0.3) is 0 Å². The molecule has 1 aliphatic rings. The highest BCUT2D eigenvalue weighted by atomic mass is 79.9. The number of hydrogen-bond donors (Lipinski definition) is 1. The first-order chi connectivity index (χ1) is 7.53. The van der Waals surface area contributed by atoms with E-state index in [2.05, 4.69) is 41.9 Å². The van der Waals surface area contributed by atoms with Gasteiger partial charge in [-0.2, -0.15) is 0 Å². The lowest BCUT2D eigenvalue weighted by atomic mass is 9.87. The lowest BCUT2D eigenvalue weighted by molar-refractivity contribution is 0.394. The van der Waals surface area contributed by atoms with Crippen molar-refractivity contribution in [2.24, 2.45) is 5.73 Å². The second-order valence-electron chi connectivity index (χ2n) is 4.72. The Bertz CT molecular complexity index is 411. The highest BCUT2D eigenvalue weighted by Gasteiger charge is 2.50. The maximum atomic E-state index is 6.13. The molecule has 2 nitrogen and oxygen atoms in total. The van der Waals surface area contributed by atoms with Crippen LogP contribution in [0.5, 0.6) is 5.75 Å². The molecule has 16 heavy (non-hydrogen) atoms. The Balaban J connectivity index is 2.59. The molecule has 1 aliphatic carbocycles. The predicted octanol–water partition coefficient (Wildman–Crippen LogP) is 3.14. The van der Waals surface area contributed by atoms with Gasteiger partial charge in [-0.15, -0.1) is 0 Å². The topological polar surface area (TPSA) is 35.2 Å². The number of benzene rings is 1. The molecule has 1 saturated carbocycles. The van der Waals surface area contributed by atoms with E-state index in [4.69, 9.17) is 10.5 Å². The summed E-state index contributed by atoms with van der Waals surface area (Å²) in [5, 5.41) is 0. The van der Waals surface area contributed by atoms with Crippen LogP contribution in [0, 0.1) is 6.92 Å². The minimum absolute atomic E-state index is 0.121. The van der Waals surface area contributed by atoms with E-state index in [1.54, 1.807) is 7.11 Å². The lowest BCUT2D eigenvalue weighted by Gasteiger charge is -2.25. The van der Waals surface area contributed by atoms with Crippen molar-refractivity contribution in [3.8, 4) is 5.75 Å². The molecule has 0 spiro atoms. The fourth-order valence-corrected chi connectivity index (χ4v) is 3.16. The van der Waals surface area contributed by atoms with Gasteiger partial charge in [0.2, 0.25) is 0 Å². The van der Waals surface area contributed by atoms with Crippen LogP contribution in [0.1, 0.15) is 30.9 Å². The summed E-state index contributed by atoms with van der Waals surface area (Å²) in [6, 6.07) is 4.33. The molecule has 0 radical (unpaired) electrons. The van der Waals surface area contributed by atoms with Crippen LogP contribution in [0.25, 0.3) is 0 Å². The first-order valence-corrected chi connectivity index (χ1v) is 6.41. The molecular weight excluding hydrogens is 266 g/mol. The van der Waals surface area contributed by atoms with Gasteiger partial charge in [-0.3, -0.25) is 0 Å². The fourth-order valence-electron chi connectivity index (χ4n) is 2.46. The smallest absolute Gasteiger partial charge is 0.126 e. The summed E-state index contributed by atoms with van der Waals surface area (Å²) >= 11 is 3.63. The summed E-state index contributed by atoms with van der Waals surface area (Å²) in [5.74, 6) is 0.990.